The molecule has 162 valence electrons. The second kappa shape index (κ2) is 9.01. The van der Waals surface area contributed by atoms with Crippen LogP contribution in [0.2, 0.25) is 0 Å². The molecule has 0 bridgehead atoms. The maximum absolute atomic E-state index is 12.7. The molecular formula is C26H25N3O2S. The minimum atomic E-state index is -0.0535. The van der Waals surface area contributed by atoms with Gasteiger partial charge in [-0.25, -0.2) is 4.98 Å². The highest BCUT2D eigenvalue weighted by Crippen LogP contribution is 2.32. The van der Waals surface area contributed by atoms with E-state index in [-0.39, 0.29) is 5.91 Å². The molecule has 0 unspecified atom stereocenters. The maximum Gasteiger partial charge on any atom is 0.251 e. The monoisotopic (exact) mass is 443 g/mol. The lowest BCUT2D eigenvalue weighted by molar-refractivity contribution is 0.0954. The van der Waals surface area contributed by atoms with Crippen molar-refractivity contribution >= 4 is 32.6 Å². The van der Waals surface area contributed by atoms with Gasteiger partial charge in [0.25, 0.3) is 5.91 Å². The second-order valence-corrected chi connectivity index (χ2v) is 8.98. The van der Waals surface area contributed by atoms with Gasteiger partial charge in [0.2, 0.25) is 0 Å². The predicted octanol–water partition coefficient (Wildman–Crippen LogP) is 4.84. The van der Waals surface area contributed by atoms with Crippen molar-refractivity contribution in [2.75, 3.05) is 25.1 Å². The Balaban J connectivity index is 1.24. The molecule has 1 amide bonds. The van der Waals surface area contributed by atoms with Crippen LogP contribution in [-0.4, -0.2) is 31.1 Å². The number of carbonyl (C=O) groups is 1. The number of thiazole rings is 1. The molecule has 5 rings (SSSR count). The lowest BCUT2D eigenvalue weighted by Crippen LogP contribution is -2.30. The Morgan fingerprint density at radius 3 is 2.72 bits per heavy atom. The molecule has 1 aliphatic rings. The smallest absolute Gasteiger partial charge is 0.251 e. The van der Waals surface area contributed by atoms with Crippen LogP contribution in [0.3, 0.4) is 0 Å². The summed E-state index contributed by atoms with van der Waals surface area (Å²) < 4.78 is 6.23. The zero-order valence-corrected chi connectivity index (χ0v) is 18.8. The lowest BCUT2D eigenvalue weighted by atomic mass is 10.0. The Labute approximate surface area is 191 Å². The van der Waals surface area contributed by atoms with Crippen molar-refractivity contribution in [3.8, 4) is 5.75 Å². The summed E-state index contributed by atoms with van der Waals surface area (Å²) in [5.41, 5.74) is 5.58. The average Bonchev–Trinajstić information content (AvgIpc) is 3.27. The number of benzene rings is 3. The third kappa shape index (κ3) is 4.32. The predicted molar refractivity (Wildman–Crippen MR) is 130 cm³/mol. The summed E-state index contributed by atoms with van der Waals surface area (Å²) in [6.07, 6.45) is 1.81. The van der Waals surface area contributed by atoms with E-state index >= 15 is 0 Å². The summed E-state index contributed by atoms with van der Waals surface area (Å²) in [7, 11) is 1.66. The van der Waals surface area contributed by atoms with E-state index in [4.69, 9.17) is 9.72 Å². The largest absolute Gasteiger partial charge is 0.497 e. The molecule has 0 saturated heterocycles. The Kier molecular flexibility index (Phi) is 5.77. The van der Waals surface area contributed by atoms with Crippen LogP contribution >= 0.6 is 11.3 Å². The van der Waals surface area contributed by atoms with Crippen LogP contribution in [0.15, 0.2) is 66.7 Å². The van der Waals surface area contributed by atoms with Crippen molar-refractivity contribution in [2.24, 2.45) is 0 Å². The molecule has 0 spiro atoms. The molecule has 0 radical (unpaired) electrons. The number of ether oxygens (including phenoxy) is 1. The Bertz CT molecular complexity index is 1250. The summed E-state index contributed by atoms with van der Waals surface area (Å²) in [5, 5.41) is 4.05. The number of hydrogen-bond acceptors (Lipinski definition) is 5. The zero-order valence-electron chi connectivity index (χ0n) is 18.0. The van der Waals surface area contributed by atoms with E-state index in [1.54, 1.807) is 18.4 Å². The fourth-order valence-corrected chi connectivity index (χ4v) is 5.09. The molecule has 1 N–H and O–H groups in total. The number of nitrogens with one attached hydrogen (secondary N) is 1. The Hall–Kier alpha value is -3.38. The van der Waals surface area contributed by atoms with Gasteiger partial charge in [-0.15, -0.1) is 0 Å². The summed E-state index contributed by atoms with van der Waals surface area (Å²) in [6, 6.07) is 22.3. The van der Waals surface area contributed by atoms with E-state index in [1.165, 1.54) is 11.1 Å². The van der Waals surface area contributed by atoms with Gasteiger partial charge < -0.3 is 15.0 Å². The van der Waals surface area contributed by atoms with Gasteiger partial charge in [0.05, 0.1) is 17.3 Å². The van der Waals surface area contributed by atoms with E-state index in [9.17, 15) is 4.79 Å². The summed E-state index contributed by atoms with van der Waals surface area (Å²) in [6.45, 7) is 2.44. The Morgan fingerprint density at radius 2 is 1.91 bits per heavy atom. The number of nitrogens with zero attached hydrogens (tertiary/aromatic N) is 2. The van der Waals surface area contributed by atoms with Crippen LogP contribution in [0, 0.1) is 0 Å². The molecule has 0 atom stereocenters. The first-order valence-electron chi connectivity index (χ1n) is 10.8. The van der Waals surface area contributed by atoms with Crippen LogP contribution in [0.25, 0.3) is 10.2 Å². The SMILES string of the molecule is COc1ccc(CCNC(=O)c2ccc3nc(N4CCc5ccccc5C4)sc3c2)cc1. The highest BCUT2D eigenvalue weighted by molar-refractivity contribution is 7.22. The quantitative estimate of drug-likeness (QED) is 0.463. The van der Waals surface area contributed by atoms with Crippen molar-refractivity contribution in [2.45, 2.75) is 19.4 Å². The van der Waals surface area contributed by atoms with E-state index in [0.717, 1.165) is 52.6 Å². The van der Waals surface area contributed by atoms with Gasteiger partial charge in [-0.2, -0.15) is 0 Å². The molecule has 0 fully saturated rings. The topological polar surface area (TPSA) is 54.5 Å². The number of hydrogen-bond donors (Lipinski definition) is 1. The number of rotatable bonds is 6. The second-order valence-electron chi connectivity index (χ2n) is 7.97. The molecule has 1 aliphatic heterocycles. The van der Waals surface area contributed by atoms with E-state index in [0.29, 0.717) is 12.1 Å². The molecule has 0 aliphatic carbocycles. The van der Waals surface area contributed by atoms with Gasteiger partial charge in [0.1, 0.15) is 5.75 Å². The average molecular weight is 444 g/mol. The van der Waals surface area contributed by atoms with Crippen molar-refractivity contribution < 1.29 is 9.53 Å². The van der Waals surface area contributed by atoms with Gasteiger partial charge in [-0.05, 0) is 59.9 Å². The maximum atomic E-state index is 12.7. The van der Waals surface area contributed by atoms with Crippen LogP contribution < -0.4 is 15.0 Å². The minimum Gasteiger partial charge on any atom is -0.497 e. The molecule has 32 heavy (non-hydrogen) atoms. The van der Waals surface area contributed by atoms with Crippen molar-refractivity contribution in [1.29, 1.82) is 0 Å². The first-order chi connectivity index (χ1) is 15.7. The van der Waals surface area contributed by atoms with Crippen molar-refractivity contribution in [3.63, 3.8) is 0 Å². The highest BCUT2D eigenvalue weighted by atomic mass is 32.1. The molecule has 5 nitrogen and oxygen atoms in total. The number of carbonyl (C=O) groups excluding carboxylic acids is 1. The summed E-state index contributed by atoms with van der Waals surface area (Å²) >= 11 is 1.66. The van der Waals surface area contributed by atoms with Gasteiger partial charge >= 0.3 is 0 Å². The molecule has 4 aromatic rings. The van der Waals surface area contributed by atoms with E-state index < -0.39 is 0 Å². The first-order valence-corrected chi connectivity index (χ1v) is 11.6. The van der Waals surface area contributed by atoms with Gasteiger partial charge in [0, 0.05) is 25.2 Å². The number of anilines is 1. The molecule has 0 saturated carbocycles. The van der Waals surface area contributed by atoms with Gasteiger partial charge in [-0.3, -0.25) is 4.79 Å². The zero-order chi connectivity index (χ0) is 21.9. The third-order valence-corrected chi connectivity index (χ3v) is 6.98. The van der Waals surface area contributed by atoms with Crippen LogP contribution in [0.4, 0.5) is 5.13 Å². The molecule has 6 heteroatoms. The number of methoxy groups -OCH3 is 1. The third-order valence-electron chi connectivity index (χ3n) is 5.90. The molecule has 2 heterocycles. The van der Waals surface area contributed by atoms with Crippen molar-refractivity contribution in [3.05, 3.63) is 89.0 Å². The van der Waals surface area contributed by atoms with Crippen LogP contribution in [0.1, 0.15) is 27.0 Å². The van der Waals surface area contributed by atoms with E-state index in [2.05, 4.69) is 34.5 Å². The summed E-state index contributed by atoms with van der Waals surface area (Å²) in [4.78, 5) is 19.8. The fourth-order valence-electron chi connectivity index (χ4n) is 4.06. The first kappa shape index (κ1) is 20.5. The van der Waals surface area contributed by atoms with Gasteiger partial charge in [0.15, 0.2) is 5.13 Å². The molecule has 1 aromatic heterocycles. The molecule has 3 aromatic carbocycles. The summed E-state index contributed by atoms with van der Waals surface area (Å²) in [5.74, 6) is 0.783. The highest BCUT2D eigenvalue weighted by Gasteiger charge is 2.19. The van der Waals surface area contributed by atoms with Crippen molar-refractivity contribution in [1.82, 2.24) is 10.3 Å². The van der Waals surface area contributed by atoms with Gasteiger partial charge in [-0.1, -0.05) is 47.7 Å². The number of aromatic nitrogens is 1. The molecular weight excluding hydrogens is 418 g/mol. The Morgan fingerprint density at radius 1 is 1.09 bits per heavy atom. The van der Waals surface area contributed by atoms with E-state index in [1.807, 2.05) is 42.5 Å². The number of fused-ring (bicyclic) bond motifs is 2. The lowest BCUT2D eigenvalue weighted by Gasteiger charge is -2.28. The minimum absolute atomic E-state index is 0.0535. The van der Waals surface area contributed by atoms with Crippen LogP contribution in [-0.2, 0) is 19.4 Å². The number of amides is 1. The van der Waals surface area contributed by atoms with Crippen LogP contribution in [0.5, 0.6) is 5.75 Å². The fraction of sp³-hybridized carbons (Fsp3) is 0.231. The normalized spacial score (nSPS) is 13.1. The standard InChI is InChI=1S/C26H25N3O2S/c1-31-22-9-6-18(7-10-22)12-14-27-25(30)20-8-11-23-24(16-20)32-26(28-23)29-15-13-19-4-2-3-5-21(19)17-29/h2-11,16H,12-15,17H2,1H3,(H,27,30).